The Morgan fingerprint density at radius 2 is 2.17 bits per heavy atom. The number of carboxylic acids is 1. The molecule has 0 heterocycles. The second kappa shape index (κ2) is 3.44. The molecule has 0 bridgehead atoms. The SMILES string of the molecule is C[C@H]1CCC[C@](N)(C(=O)O)CC1. The molecule has 2 atom stereocenters. The van der Waals surface area contributed by atoms with Crippen LogP contribution in [-0.2, 0) is 4.79 Å². The molecule has 1 rings (SSSR count). The minimum atomic E-state index is -0.940. The van der Waals surface area contributed by atoms with Crippen molar-refractivity contribution in [1.82, 2.24) is 0 Å². The first-order chi connectivity index (χ1) is 5.54. The quantitative estimate of drug-likeness (QED) is 0.586. The van der Waals surface area contributed by atoms with Crippen molar-refractivity contribution in [2.75, 3.05) is 0 Å². The van der Waals surface area contributed by atoms with Crippen LogP contribution in [0.3, 0.4) is 0 Å². The molecule has 0 aliphatic heterocycles. The van der Waals surface area contributed by atoms with Crippen LogP contribution in [-0.4, -0.2) is 16.6 Å². The average molecular weight is 171 g/mol. The smallest absolute Gasteiger partial charge is 0.323 e. The van der Waals surface area contributed by atoms with Gasteiger partial charge >= 0.3 is 5.97 Å². The summed E-state index contributed by atoms with van der Waals surface area (Å²) >= 11 is 0. The van der Waals surface area contributed by atoms with Gasteiger partial charge in [-0.15, -0.1) is 0 Å². The normalized spacial score (nSPS) is 37.3. The van der Waals surface area contributed by atoms with Crippen molar-refractivity contribution >= 4 is 5.97 Å². The molecular formula is C9H17NO2. The summed E-state index contributed by atoms with van der Waals surface area (Å²) in [4.78, 5) is 10.8. The number of aliphatic carboxylic acids is 1. The molecule has 3 heteroatoms. The Bertz CT molecular complexity index is 181. The highest BCUT2D eigenvalue weighted by Crippen LogP contribution is 2.28. The van der Waals surface area contributed by atoms with Crippen LogP contribution in [0.4, 0.5) is 0 Å². The Morgan fingerprint density at radius 1 is 1.50 bits per heavy atom. The second-order valence-corrected chi connectivity index (χ2v) is 4.00. The zero-order valence-electron chi connectivity index (χ0n) is 7.55. The number of carboxylic acid groups (broad SMARTS) is 1. The Morgan fingerprint density at radius 3 is 2.75 bits per heavy atom. The fourth-order valence-corrected chi connectivity index (χ4v) is 1.75. The molecule has 0 unspecified atom stereocenters. The largest absolute Gasteiger partial charge is 0.480 e. The predicted octanol–water partition coefficient (Wildman–Crippen LogP) is 1.37. The van der Waals surface area contributed by atoms with Gasteiger partial charge in [-0.1, -0.05) is 19.8 Å². The number of hydrogen-bond donors (Lipinski definition) is 2. The molecule has 1 fully saturated rings. The molecule has 1 aliphatic rings. The van der Waals surface area contributed by atoms with Crippen molar-refractivity contribution in [2.24, 2.45) is 11.7 Å². The van der Waals surface area contributed by atoms with Crippen LogP contribution in [0.25, 0.3) is 0 Å². The fraction of sp³-hybridized carbons (Fsp3) is 0.889. The summed E-state index contributed by atoms with van der Waals surface area (Å²) in [7, 11) is 0. The van der Waals surface area contributed by atoms with E-state index in [1.165, 1.54) is 0 Å². The molecule has 3 nitrogen and oxygen atoms in total. The third-order valence-electron chi connectivity index (χ3n) is 2.83. The maximum absolute atomic E-state index is 10.8. The van der Waals surface area contributed by atoms with Crippen molar-refractivity contribution in [3.8, 4) is 0 Å². The van der Waals surface area contributed by atoms with Crippen LogP contribution < -0.4 is 5.73 Å². The number of carbonyl (C=O) groups is 1. The molecule has 0 radical (unpaired) electrons. The zero-order chi connectivity index (χ0) is 9.19. The van der Waals surface area contributed by atoms with Crippen molar-refractivity contribution in [1.29, 1.82) is 0 Å². The Hall–Kier alpha value is -0.570. The van der Waals surface area contributed by atoms with Gasteiger partial charge in [-0.05, 0) is 25.2 Å². The van der Waals surface area contributed by atoms with Crippen molar-refractivity contribution < 1.29 is 9.90 Å². The van der Waals surface area contributed by atoms with E-state index in [4.69, 9.17) is 10.8 Å². The monoisotopic (exact) mass is 171 g/mol. The number of hydrogen-bond acceptors (Lipinski definition) is 2. The van der Waals surface area contributed by atoms with E-state index in [9.17, 15) is 4.79 Å². The molecule has 0 spiro atoms. The lowest BCUT2D eigenvalue weighted by Gasteiger charge is -2.22. The number of rotatable bonds is 1. The van der Waals surface area contributed by atoms with Gasteiger partial charge in [0.15, 0.2) is 0 Å². The van der Waals surface area contributed by atoms with Crippen LogP contribution >= 0.6 is 0 Å². The minimum absolute atomic E-state index is 0.628. The minimum Gasteiger partial charge on any atom is -0.480 e. The third-order valence-corrected chi connectivity index (χ3v) is 2.83. The fourth-order valence-electron chi connectivity index (χ4n) is 1.75. The molecule has 70 valence electrons. The first kappa shape index (κ1) is 9.52. The molecule has 0 amide bonds. The van der Waals surface area contributed by atoms with Crippen LogP contribution in [0.2, 0.25) is 0 Å². The van der Waals surface area contributed by atoms with Crippen molar-refractivity contribution in [3.05, 3.63) is 0 Å². The molecule has 0 aromatic heterocycles. The maximum atomic E-state index is 10.8. The zero-order valence-corrected chi connectivity index (χ0v) is 7.55. The highest BCUT2D eigenvalue weighted by Gasteiger charge is 2.35. The molecule has 1 aliphatic carbocycles. The van der Waals surface area contributed by atoms with Gasteiger partial charge in [0.2, 0.25) is 0 Å². The molecule has 12 heavy (non-hydrogen) atoms. The summed E-state index contributed by atoms with van der Waals surface area (Å²) < 4.78 is 0. The summed E-state index contributed by atoms with van der Waals surface area (Å²) in [6, 6.07) is 0. The van der Waals surface area contributed by atoms with Crippen LogP contribution in [0.5, 0.6) is 0 Å². The maximum Gasteiger partial charge on any atom is 0.323 e. The van der Waals surface area contributed by atoms with Crippen LogP contribution in [0.1, 0.15) is 39.0 Å². The van der Waals surface area contributed by atoms with E-state index in [2.05, 4.69) is 6.92 Å². The predicted molar refractivity (Wildman–Crippen MR) is 46.8 cm³/mol. The van der Waals surface area contributed by atoms with Gasteiger partial charge in [0.25, 0.3) is 0 Å². The van der Waals surface area contributed by atoms with Crippen LogP contribution in [0.15, 0.2) is 0 Å². The highest BCUT2D eigenvalue weighted by atomic mass is 16.4. The van der Waals surface area contributed by atoms with E-state index in [0.717, 1.165) is 19.3 Å². The van der Waals surface area contributed by atoms with Gasteiger partial charge in [0.1, 0.15) is 5.54 Å². The van der Waals surface area contributed by atoms with E-state index < -0.39 is 11.5 Å². The van der Waals surface area contributed by atoms with Gasteiger partial charge in [-0.2, -0.15) is 0 Å². The summed E-state index contributed by atoms with van der Waals surface area (Å²) in [6.45, 7) is 2.16. The van der Waals surface area contributed by atoms with Crippen molar-refractivity contribution in [2.45, 2.75) is 44.6 Å². The van der Waals surface area contributed by atoms with Gasteiger partial charge < -0.3 is 10.8 Å². The first-order valence-electron chi connectivity index (χ1n) is 4.57. The van der Waals surface area contributed by atoms with Gasteiger partial charge in [0, 0.05) is 0 Å². The molecule has 0 aromatic rings. The van der Waals surface area contributed by atoms with Gasteiger partial charge in [-0.3, -0.25) is 4.79 Å². The van der Waals surface area contributed by atoms with Gasteiger partial charge in [-0.25, -0.2) is 0 Å². The molecule has 0 saturated heterocycles. The molecule has 0 aromatic carbocycles. The lowest BCUT2D eigenvalue weighted by Crippen LogP contribution is -2.47. The molecular weight excluding hydrogens is 154 g/mol. The summed E-state index contributed by atoms with van der Waals surface area (Å²) in [5.74, 6) is -0.202. The summed E-state index contributed by atoms with van der Waals surface area (Å²) in [5, 5.41) is 8.88. The number of nitrogens with two attached hydrogens (primary N) is 1. The third kappa shape index (κ3) is 1.97. The summed E-state index contributed by atoms with van der Waals surface area (Å²) in [5.41, 5.74) is 4.82. The Kier molecular flexibility index (Phi) is 2.73. The lowest BCUT2D eigenvalue weighted by molar-refractivity contribution is -0.143. The molecule has 1 saturated carbocycles. The standard InChI is InChI=1S/C9H17NO2/c1-7-3-2-5-9(10,6-4-7)8(11)12/h7H,2-6,10H2,1H3,(H,11,12)/t7-,9+/m0/s1. The van der Waals surface area contributed by atoms with Gasteiger partial charge in [0.05, 0.1) is 0 Å². The lowest BCUT2D eigenvalue weighted by atomic mass is 9.91. The van der Waals surface area contributed by atoms with E-state index in [0.29, 0.717) is 18.8 Å². The Labute approximate surface area is 72.9 Å². The van der Waals surface area contributed by atoms with Crippen molar-refractivity contribution in [3.63, 3.8) is 0 Å². The first-order valence-corrected chi connectivity index (χ1v) is 4.57. The van der Waals surface area contributed by atoms with E-state index in [-0.39, 0.29) is 0 Å². The summed E-state index contributed by atoms with van der Waals surface area (Å²) in [6.07, 6.45) is 4.27. The topological polar surface area (TPSA) is 63.3 Å². The van der Waals surface area contributed by atoms with E-state index in [1.54, 1.807) is 0 Å². The highest BCUT2D eigenvalue weighted by molar-refractivity contribution is 5.78. The Balaban J connectivity index is 2.61. The van der Waals surface area contributed by atoms with E-state index in [1.807, 2.05) is 0 Å². The van der Waals surface area contributed by atoms with E-state index >= 15 is 0 Å². The average Bonchev–Trinajstić information content (AvgIpc) is 2.15. The van der Waals surface area contributed by atoms with Crippen LogP contribution in [0, 0.1) is 5.92 Å². The second-order valence-electron chi connectivity index (χ2n) is 4.00. The molecule has 3 N–H and O–H groups in total.